The van der Waals surface area contributed by atoms with Gasteiger partial charge in [0.1, 0.15) is 11.6 Å². The van der Waals surface area contributed by atoms with Crippen molar-refractivity contribution in [1.29, 1.82) is 0 Å². The maximum atomic E-state index is 6.01. The highest BCUT2D eigenvalue weighted by Gasteiger charge is 2.26. The molecule has 0 radical (unpaired) electrons. The SMILES string of the molecule is CCCc1cc(NCC)nc(C2Cc3ccccc3O2)n1. The molecule has 0 saturated carbocycles. The summed E-state index contributed by atoms with van der Waals surface area (Å²) in [4.78, 5) is 9.32. The number of rotatable bonds is 5. The van der Waals surface area contributed by atoms with Crippen molar-refractivity contribution in [2.45, 2.75) is 39.2 Å². The first-order valence-electron chi connectivity index (χ1n) is 7.66. The molecule has 0 aliphatic carbocycles. The van der Waals surface area contributed by atoms with Gasteiger partial charge in [-0.3, -0.25) is 0 Å². The van der Waals surface area contributed by atoms with Gasteiger partial charge in [-0.1, -0.05) is 31.5 Å². The predicted octanol–water partition coefficient (Wildman–Crippen LogP) is 3.54. The highest BCUT2D eigenvalue weighted by atomic mass is 16.5. The van der Waals surface area contributed by atoms with Gasteiger partial charge in [0, 0.05) is 24.7 Å². The maximum Gasteiger partial charge on any atom is 0.172 e. The van der Waals surface area contributed by atoms with Crippen LogP contribution in [-0.2, 0) is 12.8 Å². The molecule has 1 N–H and O–H groups in total. The molecule has 1 aromatic heterocycles. The highest BCUT2D eigenvalue weighted by Crippen LogP contribution is 2.35. The molecule has 0 spiro atoms. The summed E-state index contributed by atoms with van der Waals surface area (Å²) in [7, 11) is 0. The minimum absolute atomic E-state index is 0.0726. The Labute approximate surface area is 125 Å². The van der Waals surface area contributed by atoms with Crippen LogP contribution < -0.4 is 10.1 Å². The van der Waals surface area contributed by atoms with Crippen LogP contribution in [0.1, 0.15) is 43.5 Å². The minimum atomic E-state index is -0.0726. The monoisotopic (exact) mass is 283 g/mol. The molecule has 4 nitrogen and oxygen atoms in total. The lowest BCUT2D eigenvalue weighted by Gasteiger charge is -2.13. The topological polar surface area (TPSA) is 47.0 Å². The van der Waals surface area contributed by atoms with Crippen LogP contribution in [0, 0.1) is 0 Å². The van der Waals surface area contributed by atoms with E-state index >= 15 is 0 Å². The third-order valence-corrected chi connectivity index (χ3v) is 3.60. The molecule has 3 rings (SSSR count). The Morgan fingerprint density at radius 2 is 2.10 bits per heavy atom. The number of aryl methyl sites for hydroxylation is 1. The van der Waals surface area contributed by atoms with E-state index in [9.17, 15) is 0 Å². The Hall–Kier alpha value is -2.10. The second kappa shape index (κ2) is 6.12. The summed E-state index contributed by atoms with van der Waals surface area (Å²) < 4.78 is 6.01. The molecule has 2 aromatic rings. The molecule has 1 aromatic carbocycles. The number of fused-ring (bicyclic) bond motifs is 1. The summed E-state index contributed by atoms with van der Waals surface area (Å²) in [6.07, 6.45) is 2.81. The molecule has 2 heterocycles. The quantitative estimate of drug-likeness (QED) is 0.911. The smallest absolute Gasteiger partial charge is 0.172 e. The zero-order chi connectivity index (χ0) is 14.7. The number of para-hydroxylation sites is 1. The molecular weight excluding hydrogens is 262 g/mol. The zero-order valence-electron chi connectivity index (χ0n) is 12.6. The zero-order valence-corrected chi connectivity index (χ0v) is 12.6. The van der Waals surface area contributed by atoms with E-state index in [0.717, 1.165) is 48.9 Å². The van der Waals surface area contributed by atoms with Gasteiger partial charge < -0.3 is 10.1 Å². The fourth-order valence-electron chi connectivity index (χ4n) is 2.64. The van der Waals surface area contributed by atoms with Crippen LogP contribution in [0.5, 0.6) is 5.75 Å². The molecule has 1 atom stereocenters. The molecular formula is C17H21N3O. The maximum absolute atomic E-state index is 6.01. The Bertz CT molecular complexity index is 578. The summed E-state index contributed by atoms with van der Waals surface area (Å²) in [6.45, 7) is 5.09. The third-order valence-electron chi connectivity index (χ3n) is 3.60. The molecule has 1 aliphatic heterocycles. The predicted molar refractivity (Wildman–Crippen MR) is 83.7 cm³/mol. The van der Waals surface area contributed by atoms with Crippen molar-refractivity contribution in [3.63, 3.8) is 0 Å². The lowest BCUT2D eigenvalue weighted by molar-refractivity contribution is 0.227. The van der Waals surface area contributed by atoms with Gasteiger partial charge in [-0.15, -0.1) is 0 Å². The average Bonchev–Trinajstić information content (AvgIpc) is 2.92. The van der Waals surface area contributed by atoms with Crippen molar-refractivity contribution in [2.75, 3.05) is 11.9 Å². The molecule has 0 amide bonds. The van der Waals surface area contributed by atoms with Crippen LogP contribution >= 0.6 is 0 Å². The van der Waals surface area contributed by atoms with Crippen LogP contribution in [-0.4, -0.2) is 16.5 Å². The normalized spacial score (nSPS) is 16.4. The average molecular weight is 283 g/mol. The van der Waals surface area contributed by atoms with Gasteiger partial charge in [0.15, 0.2) is 11.9 Å². The first kappa shape index (κ1) is 13.9. The third kappa shape index (κ3) is 2.99. The summed E-state index contributed by atoms with van der Waals surface area (Å²) in [5.41, 5.74) is 2.31. The van der Waals surface area contributed by atoms with Crippen molar-refractivity contribution in [1.82, 2.24) is 9.97 Å². The molecule has 110 valence electrons. The van der Waals surface area contributed by atoms with E-state index in [0.29, 0.717) is 0 Å². The number of ether oxygens (including phenoxy) is 1. The summed E-state index contributed by atoms with van der Waals surface area (Å²) >= 11 is 0. The van der Waals surface area contributed by atoms with Crippen LogP contribution in [0.25, 0.3) is 0 Å². The number of aromatic nitrogens is 2. The number of hydrogen-bond acceptors (Lipinski definition) is 4. The van der Waals surface area contributed by atoms with E-state index < -0.39 is 0 Å². The summed E-state index contributed by atoms with van der Waals surface area (Å²) in [6, 6.07) is 10.2. The van der Waals surface area contributed by atoms with Gasteiger partial charge in [0.05, 0.1) is 0 Å². The van der Waals surface area contributed by atoms with E-state index in [1.54, 1.807) is 0 Å². The number of nitrogens with zero attached hydrogens (tertiary/aromatic N) is 2. The van der Waals surface area contributed by atoms with Gasteiger partial charge in [0.25, 0.3) is 0 Å². The van der Waals surface area contributed by atoms with Crippen LogP contribution in [0.2, 0.25) is 0 Å². The summed E-state index contributed by atoms with van der Waals surface area (Å²) in [5.74, 6) is 2.63. The Morgan fingerprint density at radius 3 is 2.86 bits per heavy atom. The Kier molecular flexibility index (Phi) is 4.04. The van der Waals surface area contributed by atoms with Crippen molar-refractivity contribution in [3.8, 4) is 5.75 Å². The Balaban J connectivity index is 1.88. The van der Waals surface area contributed by atoms with Crippen molar-refractivity contribution < 1.29 is 4.74 Å². The minimum Gasteiger partial charge on any atom is -0.482 e. The van der Waals surface area contributed by atoms with Crippen LogP contribution in [0.3, 0.4) is 0 Å². The largest absolute Gasteiger partial charge is 0.482 e. The second-order valence-electron chi connectivity index (χ2n) is 5.30. The van der Waals surface area contributed by atoms with Crippen molar-refractivity contribution in [2.24, 2.45) is 0 Å². The first-order valence-corrected chi connectivity index (χ1v) is 7.66. The Morgan fingerprint density at radius 1 is 1.24 bits per heavy atom. The summed E-state index contributed by atoms with van der Waals surface area (Å²) in [5, 5.41) is 3.28. The van der Waals surface area contributed by atoms with Gasteiger partial charge >= 0.3 is 0 Å². The lowest BCUT2D eigenvalue weighted by atomic mass is 10.1. The van der Waals surface area contributed by atoms with Gasteiger partial charge in [0.2, 0.25) is 0 Å². The lowest BCUT2D eigenvalue weighted by Crippen LogP contribution is -2.12. The first-order chi connectivity index (χ1) is 10.3. The molecule has 0 saturated heterocycles. The highest BCUT2D eigenvalue weighted by molar-refractivity contribution is 5.40. The number of nitrogens with one attached hydrogen (secondary N) is 1. The second-order valence-corrected chi connectivity index (χ2v) is 5.30. The van der Waals surface area contributed by atoms with Gasteiger partial charge in [-0.25, -0.2) is 9.97 Å². The van der Waals surface area contributed by atoms with Gasteiger partial charge in [-0.05, 0) is 25.0 Å². The molecule has 1 unspecified atom stereocenters. The van der Waals surface area contributed by atoms with Crippen LogP contribution in [0.4, 0.5) is 5.82 Å². The molecule has 4 heteroatoms. The molecule has 21 heavy (non-hydrogen) atoms. The molecule has 0 fully saturated rings. The van der Waals surface area contributed by atoms with E-state index in [1.165, 1.54) is 5.56 Å². The number of hydrogen-bond donors (Lipinski definition) is 1. The fraction of sp³-hybridized carbons (Fsp3) is 0.412. The van der Waals surface area contributed by atoms with Crippen LogP contribution in [0.15, 0.2) is 30.3 Å². The number of benzene rings is 1. The molecule has 1 aliphatic rings. The van der Waals surface area contributed by atoms with E-state index in [-0.39, 0.29) is 6.10 Å². The van der Waals surface area contributed by atoms with Crippen molar-refractivity contribution >= 4 is 5.82 Å². The molecule has 0 bridgehead atoms. The van der Waals surface area contributed by atoms with Crippen molar-refractivity contribution in [3.05, 3.63) is 47.4 Å². The van der Waals surface area contributed by atoms with E-state index in [2.05, 4.69) is 30.2 Å². The van der Waals surface area contributed by atoms with E-state index in [1.807, 2.05) is 24.3 Å². The fourth-order valence-corrected chi connectivity index (χ4v) is 2.64. The van der Waals surface area contributed by atoms with E-state index in [4.69, 9.17) is 9.72 Å². The standard InChI is InChI=1S/C17H21N3O/c1-3-7-13-11-16(18-4-2)20-17(19-13)15-10-12-8-5-6-9-14(12)21-15/h5-6,8-9,11,15H,3-4,7,10H2,1-2H3,(H,18,19,20). The number of anilines is 1. The van der Waals surface area contributed by atoms with Gasteiger partial charge in [-0.2, -0.15) is 0 Å².